The molecule has 3 rings (SSSR count). The highest BCUT2D eigenvalue weighted by molar-refractivity contribution is 5.85. The summed E-state index contributed by atoms with van der Waals surface area (Å²) in [6.45, 7) is 0.447. The highest BCUT2D eigenvalue weighted by atomic mass is 16.2. The van der Waals surface area contributed by atoms with Gasteiger partial charge in [-0.25, -0.2) is 0 Å². The first kappa shape index (κ1) is 14.9. The van der Waals surface area contributed by atoms with E-state index in [1.807, 2.05) is 36.4 Å². The summed E-state index contributed by atoms with van der Waals surface area (Å²) in [5.41, 5.74) is 14.8. The molecule has 1 aromatic carbocycles. The van der Waals surface area contributed by atoms with Crippen LogP contribution in [0.3, 0.4) is 0 Å². The summed E-state index contributed by atoms with van der Waals surface area (Å²) < 4.78 is 0. The smallest absolute Gasteiger partial charge is 0.227 e. The summed E-state index contributed by atoms with van der Waals surface area (Å²) in [6, 6.07) is 7.93. The minimum absolute atomic E-state index is 0.0465. The fourth-order valence-corrected chi connectivity index (χ4v) is 2.62. The van der Waals surface area contributed by atoms with Crippen molar-refractivity contribution in [2.75, 3.05) is 0 Å². The van der Waals surface area contributed by atoms with E-state index >= 15 is 0 Å². The lowest BCUT2D eigenvalue weighted by molar-refractivity contribution is -0.131. The highest BCUT2D eigenvalue weighted by Crippen LogP contribution is 2.26. The van der Waals surface area contributed by atoms with E-state index < -0.39 is 5.91 Å². The van der Waals surface area contributed by atoms with Crippen LogP contribution in [0, 0.1) is 0 Å². The SMILES string of the molecule is NC(=O)CCC(=O)N1Cc2ccccc2/C=C\C2=C1C=C=C=C2. The number of primary amides is 1. The van der Waals surface area contributed by atoms with Crippen LogP contribution < -0.4 is 5.73 Å². The Morgan fingerprint density at radius 3 is 2.70 bits per heavy atom. The third-order valence-corrected chi connectivity index (χ3v) is 3.82. The lowest BCUT2D eigenvalue weighted by Crippen LogP contribution is -2.31. The molecule has 1 aromatic rings. The van der Waals surface area contributed by atoms with Gasteiger partial charge in [0.2, 0.25) is 11.8 Å². The normalized spacial score (nSPS) is 16.4. The van der Waals surface area contributed by atoms with Crippen LogP contribution in [0.25, 0.3) is 6.08 Å². The van der Waals surface area contributed by atoms with E-state index in [1.165, 1.54) is 0 Å². The van der Waals surface area contributed by atoms with Crippen molar-refractivity contribution >= 4 is 17.9 Å². The van der Waals surface area contributed by atoms with Crippen molar-refractivity contribution < 1.29 is 9.59 Å². The predicted molar refractivity (Wildman–Crippen MR) is 87.6 cm³/mol. The summed E-state index contributed by atoms with van der Waals surface area (Å²) in [7, 11) is 0. The molecule has 1 aliphatic carbocycles. The van der Waals surface area contributed by atoms with Crippen LogP contribution in [0.5, 0.6) is 0 Å². The number of hydrogen-bond acceptors (Lipinski definition) is 2. The van der Waals surface area contributed by atoms with E-state index in [0.717, 1.165) is 22.4 Å². The van der Waals surface area contributed by atoms with Crippen LogP contribution in [0.4, 0.5) is 0 Å². The first-order valence-electron chi connectivity index (χ1n) is 7.41. The molecule has 0 bridgehead atoms. The summed E-state index contributed by atoms with van der Waals surface area (Å²) in [5.74, 6) is -0.603. The minimum atomic E-state index is -0.473. The Balaban J connectivity index is 2.01. The average molecular weight is 304 g/mol. The van der Waals surface area contributed by atoms with Crippen molar-refractivity contribution in [3.63, 3.8) is 0 Å². The summed E-state index contributed by atoms with van der Waals surface area (Å²) >= 11 is 0. The molecular formula is C19H16N2O2. The molecule has 2 aliphatic rings. The standard InChI is InChI=1S/C19H16N2O2/c20-18(22)11-12-19(23)21-13-16-7-2-1-5-14(16)9-10-15-6-3-4-8-17(15)21/h1-2,5-10H,11-13H2,(H2,20,22)/b10-9-. The lowest BCUT2D eigenvalue weighted by Gasteiger charge is -2.27. The average Bonchev–Trinajstić information content (AvgIpc) is 2.55. The second kappa shape index (κ2) is 6.37. The molecule has 114 valence electrons. The van der Waals surface area contributed by atoms with E-state index in [1.54, 1.807) is 17.1 Å². The summed E-state index contributed by atoms with van der Waals surface area (Å²) in [5, 5.41) is 0. The molecule has 2 amide bonds. The van der Waals surface area contributed by atoms with Crippen LogP contribution in [0.15, 0.2) is 65.2 Å². The zero-order valence-corrected chi connectivity index (χ0v) is 12.6. The molecule has 4 heteroatoms. The molecule has 0 fully saturated rings. The Hall–Kier alpha value is -3.06. The molecule has 0 spiro atoms. The number of amides is 2. The topological polar surface area (TPSA) is 63.4 Å². The first-order valence-corrected chi connectivity index (χ1v) is 7.41. The molecule has 0 aromatic heterocycles. The van der Waals surface area contributed by atoms with E-state index in [4.69, 9.17) is 5.73 Å². The van der Waals surface area contributed by atoms with Crippen molar-refractivity contribution in [1.82, 2.24) is 4.90 Å². The van der Waals surface area contributed by atoms with Crippen LogP contribution >= 0.6 is 0 Å². The van der Waals surface area contributed by atoms with Gasteiger partial charge >= 0.3 is 0 Å². The van der Waals surface area contributed by atoms with E-state index in [2.05, 4.69) is 11.5 Å². The maximum Gasteiger partial charge on any atom is 0.227 e. The van der Waals surface area contributed by atoms with Gasteiger partial charge in [0.05, 0.1) is 12.2 Å². The number of benzene rings is 1. The van der Waals surface area contributed by atoms with Gasteiger partial charge in [-0.05, 0) is 17.2 Å². The van der Waals surface area contributed by atoms with Crippen molar-refractivity contribution in [2.24, 2.45) is 5.73 Å². The maximum atomic E-state index is 12.6. The van der Waals surface area contributed by atoms with E-state index in [9.17, 15) is 9.59 Å². The molecule has 23 heavy (non-hydrogen) atoms. The van der Waals surface area contributed by atoms with Gasteiger partial charge in [0.25, 0.3) is 0 Å². The Kier molecular flexibility index (Phi) is 4.11. The third kappa shape index (κ3) is 3.24. The fraction of sp³-hybridized carbons (Fsp3) is 0.158. The van der Waals surface area contributed by atoms with Gasteiger partial charge in [0, 0.05) is 24.5 Å². The first-order chi connectivity index (χ1) is 11.1. The number of carbonyl (C=O) groups is 2. The van der Waals surface area contributed by atoms with Crippen LogP contribution in [-0.4, -0.2) is 16.7 Å². The van der Waals surface area contributed by atoms with Crippen molar-refractivity contribution in [2.45, 2.75) is 19.4 Å². The molecule has 1 aliphatic heterocycles. The number of rotatable bonds is 3. The number of hydrogen-bond donors (Lipinski definition) is 1. The second-order valence-electron chi connectivity index (χ2n) is 5.40. The quantitative estimate of drug-likeness (QED) is 0.872. The Morgan fingerprint density at radius 1 is 1.09 bits per heavy atom. The Bertz CT molecular complexity index is 833. The van der Waals surface area contributed by atoms with Gasteiger partial charge in [0.15, 0.2) is 0 Å². The molecule has 4 nitrogen and oxygen atoms in total. The molecule has 1 heterocycles. The number of allylic oxidation sites excluding steroid dienone is 4. The summed E-state index contributed by atoms with van der Waals surface area (Å²) in [4.78, 5) is 25.3. The predicted octanol–water partition coefficient (Wildman–Crippen LogP) is 2.44. The van der Waals surface area contributed by atoms with E-state index in [-0.39, 0.29) is 18.7 Å². The van der Waals surface area contributed by atoms with Gasteiger partial charge in [-0.3, -0.25) is 9.59 Å². The van der Waals surface area contributed by atoms with Gasteiger partial charge in [0.1, 0.15) is 0 Å². The molecule has 0 radical (unpaired) electrons. The number of nitrogens with zero attached hydrogens (tertiary/aromatic N) is 1. The Labute approximate surface area is 134 Å². The van der Waals surface area contributed by atoms with Crippen LogP contribution in [-0.2, 0) is 16.1 Å². The summed E-state index contributed by atoms with van der Waals surface area (Å²) in [6.07, 6.45) is 7.69. The fourth-order valence-electron chi connectivity index (χ4n) is 2.62. The Morgan fingerprint density at radius 2 is 1.87 bits per heavy atom. The molecular weight excluding hydrogens is 288 g/mol. The molecule has 0 saturated heterocycles. The molecule has 0 unspecified atom stereocenters. The maximum absolute atomic E-state index is 12.6. The van der Waals surface area contributed by atoms with Gasteiger partial charge in [-0.1, -0.05) is 47.9 Å². The van der Waals surface area contributed by atoms with E-state index in [0.29, 0.717) is 6.54 Å². The second-order valence-corrected chi connectivity index (χ2v) is 5.40. The lowest BCUT2D eigenvalue weighted by atomic mass is 10.00. The van der Waals surface area contributed by atoms with Crippen molar-refractivity contribution in [3.05, 3.63) is 76.4 Å². The highest BCUT2D eigenvalue weighted by Gasteiger charge is 2.22. The van der Waals surface area contributed by atoms with Gasteiger partial charge in [-0.15, -0.1) is 0 Å². The zero-order chi connectivity index (χ0) is 16.2. The van der Waals surface area contributed by atoms with Crippen LogP contribution in [0.2, 0.25) is 0 Å². The minimum Gasteiger partial charge on any atom is -0.370 e. The molecule has 0 atom stereocenters. The van der Waals surface area contributed by atoms with Crippen LogP contribution in [0.1, 0.15) is 24.0 Å². The third-order valence-electron chi connectivity index (χ3n) is 3.82. The monoisotopic (exact) mass is 304 g/mol. The van der Waals surface area contributed by atoms with Crippen molar-refractivity contribution in [3.8, 4) is 0 Å². The number of fused-ring (bicyclic) bond motifs is 1. The van der Waals surface area contributed by atoms with Gasteiger partial charge in [-0.2, -0.15) is 0 Å². The zero-order valence-electron chi connectivity index (χ0n) is 12.6. The molecule has 2 N–H and O–H groups in total. The van der Waals surface area contributed by atoms with Crippen molar-refractivity contribution in [1.29, 1.82) is 0 Å². The largest absolute Gasteiger partial charge is 0.370 e. The number of nitrogens with two attached hydrogens (primary N) is 1. The number of carbonyl (C=O) groups excluding carboxylic acids is 2. The molecule has 0 saturated carbocycles. The van der Waals surface area contributed by atoms with Gasteiger partial charge < -0.3 is 10.6 Å².